The molecule has 3 aromatic rings. The fourth-order valence-corrected chi connectivity index (χ4v) is 4.44. The smallest absolute Gasteiger partial charge is 0.251 e. The molecule has 1 aromatic heterocycles. The van der Waals surface area contributed by atoms with E-state index in [2.05, 4.69) is 22.2 Å². The Morgan fingerprint density at radius 2 is 1.89 bits per heavy atom. The Bertz CT molecular complexity index is 1230. The predicted octanol–water partition coefficient (Wildman–Crippen LogP) is 5.23. The minimum atomic E-state index is -0.927. The number of carbonyl (C=O) groups is 1. The van der Waals surface area contributed by atoms with Crippen molar-refractivity contribution in [1.29, 1.82) is 0 Å². The van der Waals surface area contributed by atoms with Gasteiger partial charge in [0.15, 0.2) is 11.6 Å². The summed E-state index contributed by atoms with van der Waals surface area (Å²) in [6, 6.07) is 10.9. The lowest BCUT2D eigenvalue weighted by Gasteiger charge is -2.29. The Kier molecular flexibility index (Phi) is 7.52. The van der Waals surface area contributed by atoms with Crippen LogP contribution in [-0.2, 0) is 0 Å². The van der Waals surface area contributed by atoms with Crippen molar-refractivity contribution in [2.45, 2.75) is 31.9 Å². The highest BCUT2D eigenvalue weighted by atomic mass is 35.5. The van der Waals surface area contributed by atoms with Crippen LogP contribution in [0.3, 0.4) is 0 Å². The lowest BCUT2D eigenvalue weighted by atomic mass is 10.0. The molecule has 2 aromatic carbocycles. The van der Waals surface area contributed by atoms with Crippen molar-refractivity contribution in [3.8, 4) is 16.9 Å². The minimum Gasteiger partial charge on any atom is -0.482 e. The SMILES string of the molecule is CC(Oc1cc(-c2cccc(C(=O)NC3CCN(C)CC3)c2)cnc1N)c1c(F)ccc(F)c1Cl. The average molecular weight is 501 g/mol. The first kappa shape index (κ1) is 24.9. The fraction of sp³-hybridized carbons (Fsp3) is 0.308. The summed E-state index contributed by atoms with van der Waals surface area (Å²) in [6.45, 7) is 3.45. The van der Waals surface area contributed by atoms with E-state index in [-0.39, 0.29) is 34.1 Å². The van der Waals surface area contributed by atoms with Gasteiger partial charge in [0, 0.05) is 28.9 Å². The molecule has 184 valence electrons. The van der Waals surface area contributed by atoms with Crippen molar-refractivity contribution < 1.29 is 18.3 Å². The van der Waals surface area contributed by atoms with Crippen molar-refractivity contribution in [2.24, 2.45) is 0 Å². The summed E-state index contributed by atoms with van der Waals surface area (Å²) in [5.41, 5.74) is 7.80. The average Bonchev–Trinajstić information content (AvgIpc) is 2.84. The van der Waals surface area contributed by atoms with Crippen LogP contribution in [0.2, 0.25) is 5.02 Å². The maximum atomic E-state index is 14.3. The molecule has 6 nitrogen and oxygen atoms in total. The number of nitrogens with one attached hydrogen (secondary N) is 1. The number of nitrogen functional groups attached to an aromatic ring is 1. The zero-order valence-corrected chi connectivity index (χ0v) is 20.3. The van der Waals surface area contributed by atoms with Crippen LogP contribution in [0.5, 0.6) is 5.75 Å². The molecule has 1 atom stereocenters. The number of nitrogens with zero attached hydrogens (tertiary/aromatic N) is 2. The monoisotopic (exact) mass is 500 g/mol. The Labute approximate surface area is 208 Å². The molecule has 1 saturated heterocycles. The number of rotatable bonds is 6. The number of piperidine rings is 1. The molecule has 2 heterocycles. The van der Waals surface area contributed by atoms with E-state index < -0.39 is 17.7 Å². The van der Waals surface area contributed by atoms with E-state index in [4.69, 9.17) is 22.1 Å². The summed E-state index contributed by atoms with van der Waals surface area (Å²) in [7, 11) is 2.07. The molecule has 0 aliphatic carbocycles. The van der Waals surface area contributed by atoms with Crippen molar-refractivity contribution in [2.75, 3.05) is 25.9 Å². The second-order valence-electron chi connectivity index (χ2n) is 8.76. The molecule has 0 bridgehead atoms. The van der Waals surface area contributed by atoms with Gasteiger partial charge in [0.25, 0.3) is 5.91 Å². The van der Waals surface area contributed by atoms with Gasteiger partial charge in [0.2, 0.25) is 0 Å². The topological polar surface area (TPSA) is 80.5 Å². The van der Waals surface area contributed by atoms with Crippen LogP contribution in [0.15, 0.2) is 48.7 Å². The number of halogens is 3. The number of carbonyl (C=O) groups excluding carboxylic acids is 1. The molecule has 1 aliphatic heterocycles. The third-order valence-electron chi connectivity index (χ3n) is 6.18. The maximum Gasteiger partial charge on any atom is 0.251 e. The van der Waals surface area contributed by atoms with Gasteiger partial charge in [0.05, 0.1) is 5.02 Å². The molecule has 1 aliphatic rings. The van der Waals surface area contributed by atoms with Crippen LogP contribution >= 0.6 is 11.6 Å². The van der Waals surface area contributed by atoms with Crippen LogP contribution in [-0.4, -0.2) is 42.0 Å². The fourth-order valence-electron chi connectivity index (χ4n) is 4.13. The third kappa shape index (κ3) is 5.71. The largest absolute Gasteiger partial charge is 0.482 e. The predicted molar refractivity (Wildman–Crippen MR) is 132 cm³/mol. The molecule has 1 fully saturated rings. The standard InChI is InChI=1S/C26H27ClF2N4O2/c1-15(23-20(28)6-7-21(29)24(23)27)35-22-13-18(14-31-25(22)30)16-4-3-5-17(12-16)26(34)32-19-8-10-33(2)11-9-19/h3-7,12-15,19H,8-11H2,1-2H3,(H2,30,31)(H,32,34). The highest BCUT2D eigenvalue weighted by Gasteiger charge is 2.22. The van der Waals surface area contributed by atoms with E-state index in [0.717, 1.165) is 43.6 Å². The van der Waals surface area contributed by atoms with Crippen molar-refractivity contribution in [3.05, 3.63) is 76.4 Å². The Hall–Kier alpha value is -3.23. The van der Waals surface area contributed by atoms with Gasteiger partial charge in [0.1, 0.15) is 17.7 Å². The number of amides is 1. The van der Waals surface area contributed by atoms with E-state index in [9.17, 15) is 13.6 Å². The molecular weight excluding hydrogens is 474 g/mol. The van der Waals surface area contributed by atoms with E-state index in [1.165, 1.54) is 0 Å². The van der Waals surface area contributed by atoms with Crippen LogP contribution < -0.4 is 15.8 Å². The first-order chi connectivity index (χ1) is 16.7. The number of ether oxygens (including phenoxy) is 1. The maximum absolute atomic E-state index is 14.3. The summed E-state index contributed by atoms with van der Waals surface area (Å²) in [5, 5.41) is 2.77. The molecule has 1 amide bonds. The lowest BCUT2D eigenvalue weighted by molar-refractivity contribution is 0.0917. The summed E-state index contributed by atoms with van der Waals surface area (Å²) in [4.78, 5) is 19.3. The first-order valence-electron chi connectivity index (χ1n) is 11.4. The summed E-state index contributed by atoms with van der Waals surface area (Å²) in [5.74, 6) is -1.28. The Morgan fingerprint density at radius 3 is 2.63 bits per heavy atom. The number of pyridine rings is 1. The normalized spacial score (nSPS) is 15.6. The van der Waals surface area contributed by atoms with E-state index >= 15 is 0 Å². The number of likely N-dealkylation sites (tertiary alicyclic amines) is 1. The zero-order chi connectivity index (χ0) is 25.1. The number of hydrogen-bond acceptors (Lipinski definition) is 5. The van der Waals surface area contributed by atoms with E-state index in [1.807, 2.05) is 6.07 Å². The molecule has 0 saturated carbocycles. The number of nitrogens with two attached hydrogens (primary N) is 1. The summed E-state index contributed by atoms with van der Waals surface area (Å²) < 4.78 is 34.0. The van der Waals surface area contributed by atoms with Gasteiger partial charge < -0.3 is 20.7 Å². The number of hydrogen-bond donors (Lipinski definition) is 2. The molecule has 9 heteroatoms. The molecule has 3 N–H and O–H groups in total. The Morgan fingerprint density at radius 1 is 1.17 bits per heavy atom. The molecule has 35 heavy (non-hydrogen) atoms. The van der Waals surface area contributed by atoms with Crippen molar-refractivity contribution in [3.63, 3.8) is 0 Å². The van der Waals surface area contributed by atoms with Crippen LogP contribution in [0.4, 0.5) is 14.6 Å². The Balaban J connectivity index is 1.54. The summed E-state index contributed by atoms with van der Waals surface area (Å²) >= 11 is 5.97. The highest BCUT2D eigenvalue weighted by Crippen LogP contribution is 2.35. The van der Waals surface area contributed by atoms with Gasteiger partial charge in [-0.2, -0.15) is 0 Å². The quantitative estimate of drug-likeness (QED) is 0.453. The van der Waals surface area contributed by atoms with Gasteiger partial charge in [-0.1, -0.05) is 23.7 Å². The third-order valence-corrected chi connectivity index (χ3v) is 6.57. The van der Waals surface area contributed by atoms with Gasteiger partial charge in [-0.3, -0.25) is 4.79 Å². The van der Waals surface area contributed by atoms with Crippen LogP contribution in [0, 0.1) is 11.6 Å². The van der Waals surface area contributed by atoms with Crippen LogP contribution in [0.1, 0.15) is 41.8 Å². The molecule has 4 rings (SSSR count). The molecular formula is C26H27ClF2N4O2. The number of aromatic nitrogens is 1. The lowest BCUT2D eigenvalue weighted by Crippen LogP contribution is -2.43. The second kappa shape index (κ2) is 10.6. The van der Waals surface area contributed by atoms with E-state index in [0.29, 0.717) is 11.1 Å². The van der Waals surface area contributed by atoms with Crippen molar-refractivity contribution in [1.82, 2.24) is 15.2 Å². The van der Waals surface area contributed by atoms with Gasteiger partial charge in [-0.05, 0) is 75.8 Å². The van der Waals surface area contributed by atoms with Gasteiger partial charge in [-0.15, -0.1) is 0 Å². The van der Waals surface area contributed by atoms with Crippen molar-refractivity contribution >= 4 is 23.3 Å². The molecule has 0 radical (unpaired) electrons. The number of benzene rings is 2. The summed E-state index contributed by atoms with van der Waals surface area (Å²) in [6.07, 6.45) is 2.47. The first-order valence-corrected chi connectivity index (χ1v) is 11.8. The van der Waals surface area contributed by atoms with E-state index in [1.54, 1.807) is 37.4 Å². The highest BCUT2D eigenvalue weighted by molar-refractivity contribution is 6.31. The van der Waals surface area contributed by atoms with Crippen LogP contribution in [0.25, 0.3) is 11.1 Å². The molecule has 0 spiro atoms. The number of anilines is 1. The second-order valence-corrected chi connectivity index (χ2v) is 9.13. The molecule has 1 unspecified atom stereocenters. The van der Waals surface area contributed by atoms with Gasteiger partial charge in [-0.25, -0.2) is 13.8 Å². The van der Waals surface area contributed by atoms with Gasteiger partial charge >= 0.3 is 0 Å². The zero-order valence-electron chi connectivity index (χ0n) is 19.5. The minimum absolute atomic E-state index is 0.0877.